The number of esters is 1. The molecule has 1 fully saturated rings. The lowest BCUT2D eigenvalue weighted by Gasteiger charge is -2.26. The smallest absolute Gasteiger partial charge is 0.308 e. The number of aliphatic hydroxyl groups is 1. The van der Waals surface area contributed by atoms with E-state index in [1.165, 1.54) is 30.3 Å². The van der Waals surface area contributed by atoms with Gasteiger partial charge in [-0.15, -0.1) is 0 Å². The van der Waals surface area contributed by atoms with Gasteiger partial charge in [-0.1, -0.05) is 50.1 Å². The fourth-order valence-corrected chi connectivity index (χ4v) is 4.36. The molecular formula is C31H37NO9. The number of Topliss-reactive ketones (excluding diaryl/α,β-unsaturated/α-hetero) is 1. The van der Waals surface area contributed by atoms with Gasteiger partial charge in [0.1, 0.15) is 28.9 Å². The number of ketones is 2. The Morgan fingerprint density at radius 3 is 2.49 bits per heavy atom. The molecule has 4 atom stereocenters. The summed E-state index contributed by atoms with van der Waals surface area (Å²) in [6, 6.07) is 5.68. The van der Waals surface area contributed by atoms with E-state index in [-0.39, 0.29) is 35.9 Å². The van der Waals surface area contributed by atoms with Crippen molar-refractivity contribution in [2.45, 2.75) is 78.1 Å². The molecule has 220 valence electrons. The number of aromatic hydroxyl groups is 2. The van der Waals surface area contributed by atoms with E-state index >= 15 is 0 Å². The summed E-state index contributed by atoms with van der Waals surface area (Å²) >= 11 is 0. The van der Waals surface area contributed by atoms with Crippen molar-refractivity contribution in [3.8, 4) is 22.6 Å². The summed E-state index contributed by atoms with van der Waals surface area (Å²) < 4.78 is 5.90. The molecule has 0 amide bonds. The van der Waals surface area contributed by atoms with E-state index in [1.807, 2.05) is 26.8 Å². The highest BCUT2D eigenvalue weighted by molar-refractivity contribution is 6.07. The molecule has 41 heavy (non-hydrogen) atoms. The quantitative estimate of drug-likeness (QED) is 0.187. The van der Waals surface area contributed by atoms with Gasteiger partial charge in [0, 0.05) is 18.4 Å². The van der Waals surface area contributed by atoms with Crippen molar-refractivity contribution in [2.75, 3.05) is 0 Å². The van der Waals surface area contributed by atoms with E-state index < -0.39 is 53.4 Å². The van der Waals surface area contributed by atoms with Crippen LogP contribution in [0.5, 0.6) is 11.5 Å². The highest BCUT2D eigenvalue weighted by atomic mass is 16.7. The van der Waals surface area contributed by atoms with Crippen LogP contribution in [0.4, 0.5) is 0 Å². The summed E-state index contributed by atoms with van der Waals surface area (Å²) in [6.45, 7) is 7.53. The Morgan fingerprint density at radius 1 is 1.15 bits per heavy atom. The van der Waals surface area contributed by atoms with Crippen LogP contribution in [0.1, 0.15) is 70.2 Å². The van der Waals surface area contributed by atoms with Crippen LogP contribution >= 0.6 is 0 Å². The molecule has 3 N–H and O–H groups in total. The number of hydrogen-bond donors (Lipinski definition) is 3. The lowest BCUT2D eigenvalue weighted by atomic mass is 10.00. The summed E-state index contributed by atoms with van der Waals surface area (Å²) in [5.41, 5.74) is -0.429. The van der Waals surface area contributed by atoms with Crippen molar-refractivity contribution in [1.82, 2.24) is 4.73 Å². The van der Waals surface area contributed by atoms with Gasteiger partial charge in [0.15, 0.2) is 11.9 Å². The number of aromatic nitrogens is 1. The predicted molar refractivity (Wildman–Crippen MR) is 152 cm³/mol. The number of phenols is 1. The molecular weight excluding hydrogens is 530 g/mol. The average Bonchev–Trinajstić information content (AvgIpc) is 2.91. The first-order valence-corrected chi connectivity index (χ1v) is 13.6. The highest BCUT2D eigenvalue weighted by Gasteiger charge is 2.31. The van der Waals surface area contributed by atoms with E-state index in [0.29, 0.717) is 16.7 Å². The molecule has 10 nitrogen and oxygen atoms in total. The van der Waals surface area contributed by atoms with Crippen LogP contribution in [0, 0.1) is 5.92 Å². The molecule has 1 aliphatic heterocycles. The molecule has 0 spiro atoms. The largest absolute Gasteiger partial charge is 0.508 e. The molecule has 4 unspecified atom stereocenters. The molecule has 10 heteroatoms. The van der Waals surface area contributed by atoms with Gasteiger partial charge in [-0.3, -0.25) is 19.2 Å². The summed E-state index contributed by atoms with van der Waals surface area (Å²) in [6.07, 6.45) is 3.02. The Morgan fingerprint density at radius 2 is 1.83 bits per heavy atom. The van der Waals surface area contributed by atoms with Crippen molar-refractivity contribution in [2.24, 2.45) is 5.92 Å². The maximum absolute atomic E-state index is 13.5. The number of aliphatic hydroxyl groups excluding tert-OH is 1. The van der Waals surface area contributed by atoms with Crippen molar-refractivity contribution >= 4 is 17.5 Å². The number of cyclic esters (lactones) is 1. The van der Waals surface area contributed by atoms with Gasteiger partial charge in [-0.2, -0.15) is 4.73 Å². The van der Waals surface area contributed by atoms with Gasteiger partial charge in [0.2, 0.25) is 0 Å². The molecule has 1 aromatic heterocycles. The average molecular weight is 568 g/mol. The van der Waals surface area contributed by atoms with Gasteiger partial charge in [0.05, 0.1) is 18.7 Å². The van der Waals surface area contributed by atoms with Crippen LogP contribution in [-0.2, 0) is 14.3 Å². The summed E-state index contributed by atoms with van der Waals surface area (Å²) in [4.78, 5) is 57.4. The number of rotatable bonds is 8. The second-order valence-corrected chi connectivity index (χ2v) is 10.4. The number of pyridine rings is 1. The van der Waals surface area contributed by atoms with E-state index in [4.69, 9.17) is 9.57 Å². The minimum Gasteiger partial charge on any atom is -0.508 e. The number of ether oxygens (including phenoxy) is 1. The molecule has 1 aliphatic rings. The van der Waals surface area contributed by atoms with Gasteiger partial charge in [-0.05, 0) is 50.0 Å². The number of hydrogen-bond acceptors (Lipinski definition) is 9. The third-order valence-corrected chi connectivity index (χ3v) is 6.91. The fourth-order valence-electron chi connectivity index (χ4n) is 4.36. The van der Waals surface area contributed by atoms with Crippen LogP contribution in [0.2, 0.25) is 0 Å². The van der Waals surface area contributed by atoms with Gasteiger partial charge in [-0.25, -0.2) is 0 Å². The second-order valence-electron chi connectivity index (χ2n) is 10.4. The first-order valence-electron chi connectivity index (χ1n) is 13.6. The highest BCUT2D eigenvalue weighted by Crippen LogP contribution is 2.32. The second kappa shape index (κ2) is 13.9. The molecule has 1 saturated heterocycles. The Kier molecular flexibility index (Phi) is 10.7. The number of nitrogens with zero attached hydrogens (tertiary/aromatic N) is 1. The molecule has 2 heterocycles. The lowest BCUT2D eigenvalue weighted by molar-refractivity contribution is -0.156. The summed E-state index contributed by atoms with van der Waals surface area (Å²) in [7, 11) is 0. The van der Waals surface area contributed by atoms with Crippen molar-refractivity contribution in [3.63, 3.8) is 0 Å². The van der Waals surface area contributed by atoms with Crippen LogP contribution in [0.3, 0.4) is 0 Å². The number of carbonyl (C=O) groups is 3. The predicted octanol–water partition coefficient (Wildman–Crippen LogP) is 3.89. The van der Waals surface area contributed by atoms with Gasteiger partial charge < -0.3 is 24.9 Å². The molecule has 0 aliphatic carbocycles. The normalized spacial score (nSPS) is 21.4. The zero-order valence-electron chi connectivity index (χ0n) is 23.7. The Hall–Kier alpha value is -4.18. The zero-order valence-corrected chi connectivity index (χ0v) is 23.7. The maximum atomic E-state index is 13.5. The van der Waals surface area contributed by atoms with Crippen molar-refractivity contribution in [1.29, 1.82) is 0 Å². The van der Waals surface area contributed by atoms with Crippen LogP contribution in [-0.4, -0.2) is 55.9 Å². The van der Waals surface area contributed by atoms with Gasteiger partial charge in [0.25, 0.3) is 5.56 Å². The molecule has 0 saturated carbocycles. The minimum atomic E-state index is -1.50. The zero-order chi connectivity index (χ0) is 30.3. The first-order chi connectivity index (χ1) is 19.4. The van der Waals surface area contributed by atoms with E-state index in [0.717, 1.165) is 18.2 Å². The number of benzene rings is 1. The Bertz CT molecular complexity index is 1390. The fraction of sp³-hybridized carbons (Fsp3) is 0.419. The third-order valence-electron chi connectivity index (χ3n) is 6.91. The SMILES string of the molecule is CCC(C)C=C(C)C=CC(=O)c1c(O)c(-c2ccc(O)cc2)cn(OC2CC(=O)CCC(C)OC(=O)CC2O)c1=O. The lowest BCUT2D eigenvalue weighted by Crippen LogP contribution is -2.44. The maximum Gasteiger partial charge on any atom is 0.308 e. The summed E-state index contributed by atoms with van der Waals surface area (Å²) in [5.74, 6) is -2.10. The first kappa shape index (κ1) is 31.3. The third kappa shape index (κ3) is 8.40. The van der Waals surface area contributed by atoms with E-state index in [1.54, 1.807) is 13.0 Å². The molecule has 0 radical (unpaired) electrons. The van der Waals surface area contributed by atoms with Crippen LogP contribution in [0.15, 0.2) is 59.1 Å². The van der Waals surface area contributed by atoms with Crippen LogP contribution < -0.4 is 10.4 Å². The number of phenolic OH excluding ortho intramolecular Hbond substituents is 1. The molecule has 1 aromatic carbocycles. The minimum absolute atomic E-state index is 0.0298. The van der Waals surface area contributed by atoms with Crippen molar-refractivity contribution in [3.05, 3.63) is 70.2 Å². The Balaban J connectivity index is 2.09. The number of allylic oxidation sites excluding steroid dienone is 4. The molecule has 2 aromatic rings. The van der Waals surface area contributed by atoms with Crippen molar-refractivity contribution < 1.29 is 39.3 Å². The van der Waals surface area contributed by atoms with E-state index in [2.05, 4.69) is 0 Å². The van der Waals surface area contributed by atoms with E-state index in [9.17, 15) is 34.5 Å². The Labute approximate surface area is 238 Å². The monoisotopic (exact) mass is 567 g/mol. The van der Waals surface area contributed by atoms with Crippen LogP contribution in [0.25, 0.3) is 11.1 Å². The topological polar surface area (TPSA) is 152 Å². The molecule has 0 bridgehead atoms. The standard InChI is InChI=1S/C31H37NO9/c1-5-18(2)14-19(3)6-13-25(35)29-30(38)24(21-8-11-22(33)12-9-21)17-32(31(29)39)41-27-15-23(34)10-7-20(4)40-28(37)16-26(27)36/h6,8-9,11-14,17-18,20,26-27,33,36,38H,5,7,10,15-16H2,1-4H3. The van der Waals surface area contributed by atoms with Gasteiger partial charge >= 0.3 is 5.97 Å². The number of carbonyl (C=O) groups excluding carboxylic acids is 3. The summed E-state index contributed by atoms with van der Waals surface area (Å²) in [5, 5.41) is 31.5. The molecule has 3 rings (SSSR count).